The standard InChI is InChI=1S/ClHO.2ClH.Cu/c1-2;;;/h2H;2*1H;/q;;;+2/p-2. The molecule has 0 spiro atoms. The van der Waals surface area contributed by atoms with Gasteiger partial charge in [0.05, 0.1) is 11.9 Å². The Bertz CT molecular complexity index is 6.85. The van der Waals surface area contributed by atoms with Gasteiger partial charge in [0.15, 0.2) is 0 Å². The molecule has 0 atom stereocenters. The van der Waals surface area contributed by atoms with E-state index in [2.05, 4.69) is 11.9 Å². The zero-order valence-electron chi connectivity index (χ0n) is 1.88. The predicted octanol–water partition coefficient (Wildman–Crippen LogP) is -5.86. The normalized spacial score (nSPS) is 1.20. The fraction of sp³-hybridized carbons (Fsp3) is 0. The van der Waals surface area contributed by atoms with Crippen LogP contribution in [0, 0.1) is 0 Å². The molecule has 0 saturated carbocycles. The quantitative estimate of drug-likeness (QED) is 0.374. The molecule has 0 rings (SSSR count). The van der Waals surface area contributed by atoms with Crippen LogP contribution < -0.4 is 24.8 Å². The molecule has 0 aromatic rings. The molecule has 5 heavy (non-hydrogen) atoms. The Morgan fingerprint density at radius 2 is 1.00 bits per heavy atom. The van der Waals surface area contributed by atoms with E-state index in [9.17, 15) is 0 Å². The van der Waals surface area contributed by atoms with Gasteiger partial charge in [-0.1, -0.05) is 0 Å². The second-order valence-corrected chi connectivity index (χ2v) is 0. The summed E-state index contributed by atoms with van der Waals surface area (Å²) in [4.78, 5) is 0. The average molecular weight is 187 g/mol. The van der Waals surface area contributed by atoms with Crippen molar-refractivity contribution in [3.63, 3.8) is 0 Å². The van der Waals surface area contributed by atoms with E-state index in [-0.39, 0.29) is 41.9 Å². The summed E-state index contributed by atoms with van der Waals surface area (Å²) in [7, 11) is 0. The molecule has 1 radical (unpaired) electrons. The predicted molar refractivity (Wildman–Crippen MR) is 8.07 cm³/mol. The molecule has 0 fully saturated rings. The van der Waals surface area contributed by atoms with Crippen molar-refractivity contribution in [1.82, 2.24) is 0 Å². The summed E-state index contributed by atoms with van der Waals surface area (Å²) in [6.07, 6.45) is 0. The largest absolute Gasteiger partial charge is 2.00 e. The van der Waals surface area contributed by atoms with Crippen LogP contribution in [0.3, 0.4) is 0 Å². The fourth-order valence-corrected chi connectivity index (χ4v) is 0. The molecule has 1 nitrogen and oxygen atoms in total. The molecule has 0 bridgehead atoms. The molecule has 0 unspecified atom stereocenters. The minimum atomic E-state index is 0. The van der Waals surface area contributed by atoms with Gasteiger partial charge in [0.1, 0.15) is 0 Å². The van der Waals surface area contributed by atoms with Gasteiger partial charge in [-0.25, -0.2) is 0 Å². The summed E-state index contributed by atoms with van der Waals surface area (Å²) in [5.74, 6) is 0. The molecule has 0 aliphatic rings. The molecule has 0 aromatic carbocycles. The van der Waals surface area contributed by atoms with Gasteiger partial charge in [0, 0.05) is 0 Å². The first-order valence-electron chi connectivity index (χ1n) is 0.169. The van der Waals surface area contributed by atoms with E-state index in [1.165, 1.54) is 0 Å². The van der Waals surface area contributed by atoms with Gasteiger partial charge in [-0.15, -0.1) is 0 Å². The number of hydrogen-bond donors (Lipinski definition) is 1. The topological polar surface area (TPSA) is 20.2 Å². The van der Waals surface area contributed by atoms with Gasteiger partial charge in [0.2, 0.25) is 0 Å². The molecule has 0 saturated heterocycles. The minimum absolute atomic E-state index is 0. The Hall–Kier alpha value is 1.35. The SMILES string of the molecule is OCl.[Cl-].[Cl-].[Cu+2]. The number of halogens is 3. The Labute approximate surface area is 58.5 Å². The molecular formula is HCl3CuO. The second kappa shape index (κ2) is 55.6. The zero-order chi connectivity index (χ0) is 2.00. The summed E-state index contributed by atoms with van der Waals surface area (Å²) in [6, 6.07) is 0. The monoisotopic (exact) mass is 185 g/mol. The molecule has 0 aromatic heterocycles. The van der Waals surface area contributed by atoms with E-state index in [1.54, 1.807) is 0 Å². The third-order valence-electron chi connectivity index (χ3n) is 0. The van der Waals surface area contributed by atoms with Gasteiger partial charge in [-0.3, -0.25) is 4.66 Å². The maximum absolute atomic E-state index is 6.47. The molecule has 0 amide bonds. The van der Waals surface area contributed by atoms with E-state index in [1.807, 2.05) is 0 Å². The van der Waals surface area contributed by atoms with Crippen molar-refractivity contribution in [2.45, 2.75) is 0 Å². The Kier molecular flexibility index (Phi) is 366. The zero-order valence-corrected chi connectivity index (χ0v) is 5.09. The van der Waals surface area contributed by atoms with E-state index < -0.39 is 0 Å². The van der Waals surface area contributed by atoms with Crippen molar-refractivity contribution in [2.24, 2.45) is 0 Å². The first-order valence-corrected chi connectivity index (χ1v) is 0.507. The number of rotatable bonds is 0. The average Bonchev–Trinajstić information content (AvgIpc) is 1.00. The van der Waals surface area contributed by atoms with Crippen molar-refractivity contribution >= 4 is 11.9 Å². The summed E-state index contributed by atoms with van der Waals surface area (Å²) in [5, 5.41) is 0. The van der Waals surface area contributed by atoms with Crippen LogP contribution in [0.5, 0.6) is 0 Å². The summed E-state index contributed by atoms with van der Waals surface area (Å²) < 4.78 is 6.47. The van der Waals surface area contributed by atoms with Crippen LogP contribution in [0.4, 0.5) is 0 Å². The Balaban J connectivity index is -0.00000000167. The molecule has 0 aliphatic heterocycles. The first-order chi connectivity index (χ1) is 1.00. The van der Waals surface area contributed by atoms with Gasteiger partial charge in [-0.05, 0) is 0 Å². The van der Waals surface area contributed by atoms with Crippen LogP contribution in [-0.2, 0) is 17.1 Å². The van der Waals surface area contributed by atoms with Crippen LogP contribution in [0.1, 0.15) is 0 Å². The van der Waals surface area contributed by atoms with Crippen molar-refractivity contribution < 1.29 is 46.5 Å². The van der Waals surface area contributed by atoms with Crippen LogP contribution in [-0.4, -0.2) is 4.66 Å². The maximum Gasteiger partial charge on any atom is 2.00 e. The van der Waals surface area contributed by atoms with Crippen LogP contribution in [0.2, 0.25) is 0 Å². The second-order valence-electron chi connectivity index (χ2n) is 0. The number of hydrogen-bond acceptors (Lipinski definition) is 1. The maximum atomic E-state index is 6.47. The van der Waals surface area contributed by atoms with Crippen molar-refractivity contribution in [2.75, 3.05) is 0 Å². The Morgan fingerprint density at radius 3 is 1.00 bits per heavy atom. The molecule has 39 valence electrons. The molecule has 0 aliphatic carbocycles. The minimum Gasteiger partial charge on any atom is -1.00 e. The fourth-order valence-electron chi connectivity index (χ4n) is 0. The molecule has 0 heterocycles. The third-order valence-corrected chi connectivity index (χ3v) is 0. The molecule has 1 N–H and O–H groups in total. The van der Waals surface area contributed by atoms with Gasteiger partial charge in [0.25, 0.3) is 0 Å². The van der Waals surface area contributed by atoms with Crippen molar-refractivity contribution in [3.8, 4) is 0 Å². The van der Waals surface area contributed by atoms with Gasteiger partial charge in [-0.2, -0.15) is 0 Å². The Morgan fingerprint density at radius 1 is 1.00 bits per heavy atom. The molecule has 5 heteroatoms. The first kappa shape index (κ1) is 32.9. The summed E-state index contributed by atoms with van der Waals surface area (Å²) in [5.41, 5.74) is 0. The van der Waals surface area contributed by atoms with E-state index in [4.69, 9.17) is 4.66 Å². The van der Waals surface area contributed by atoms with Gasteiger partial charge < -0.3 is 24.8 Å². The van der Waals surface area contributed by atoms with Crippen molar-refractivity contribution in [1.29, 1.82) is 0 Å². The van der Waals surface area contributed by atoms with Crippen LogP contribution in [0.25, 0.3) is 0 Å². The van der Waals surface area contributed by atoms with E-state index in [0.29, 0.717) is 0 Å². The van der Waals surface area contributed by atoms with Crippen LogP contribution in [0.15, 0.2) is 0 Å². The third kappa shape index (κ3) is 33.0. The smallest absolute Gasteiger partial charge is 1.00 e. The van der Waals surface area contributed by atoms with Crippen molar-refractivity contribution in [3.05, 3.63) is 0 Å². The molecular weight excluding hydrogens is 186 g/mol. The van der Waals surface area contributed by atoms with E-state index >= 15 is 0 Å². The van der Waals surface area contributed by atoms with Gasteiger partial charge >= 0.3 is 17.1 Å². The van der Waals surface area contributed by atoms with E-state index in [0.717, 1.165) is 0 Å². The summed E-state index contributed by atoms with van der Waals surface area (Å²) in [6.45, 7) is 0. The van der Waals surface area contributed by atoms with Crippen LogP contribution >= 0.6 is 11.9 Å². The summed E-state index contributed by atoms with van der Waals surface area (Å²) >= 11 is 3.64.